The lowest BCUT2D eigenvalue weighted by Crippen LogP contribution is -2.35. The van der Waals surface area contributed by atoms with Crippen LogP contribution in [0.25, 0.3) is 11.4 Å². The summed E-state index contributed by atoms with van der Waals surface area (Å²) in [5.41, 5.74) is 1.30. The molecule has 2 aromatic carbocycles. The number of nitro benzene ring substituents is 1. The highest BCUT2D eigenvalue weighted by atomic mass is 19.1. The molecule has 31 heavy (non-hydrogen) atoms. The quantitative estimate of drug-likeness (QED) is 0.319. The molecule has 3 aromatic rings. The van der Waals surface area contributed by atoms with Crippen LogP contribution in [0.3, 0.4) is 0 Å². The maximum absolute atomic E-state index is 12.9. The van der Waals surface area contributed by atoms with Crippen LogP contribution in [0.15, 0.2) is 47.0 Å². The van der Waals surface area contributed by atoms with Crippen molar-refractivity contribution in [2.45, 2.75) is 13.3 Å². The number of nitrogens with zero attached hydrogens (tertiary/aromatic N) is 3. The predicted octanol–water partition coefficient (Wildman–Crippen LogP) is 2.18. The lowest BCUT2D eigenvalue weighted by atomic mass is 10.1. The van der Waals surface area contributed by atoms with Gasteiger partial charge in [-0.1, -0.05) is 29.4 Å². The van der Waals surface area contributed by atoms with Gasteiger partial charge in [0.25, 0.3) is 5.69 Å². The van der Waals surface area contributed by atoms with Gasteiger partial charge in [-0.05, 0) is 24.6 Å². The first kappa shape index (κ1) is 21.6. The molecule has 1 heterocycles. The van der Waals surface area contributed by atoms with Gasteiger partial charge in [-0.3, -0.25) is 19.7 Å². The number of rotatable bonds is 8. The van der Waals surface area contributed by atoms with Crippen LogP contribution in [0.2, 0.25) is 0 Å². The van der Waals surface area contributed by atoms with Crippen molar-refractivity contribution in [2.75, 3.05) is 13.1 Å². The maximum Gasteiger partial charge on any atom is 0.316 e. The normalized spacial score (nSPS) is 10.5. The first-order valence-electron chi connectivity index (χ1n) is 9.22. The van der Waals surface area contributed by atoms with E-state index in [0.717, 1.165) is 0 Å². The Kier molecular flexibility index (Phi) is 6.65. The molecule has 11 heteroatoms. The molecule has 0 unspecified atom stereocenters. The smallest absolute Gasteiger partial charge is 0.316 e. The second-order valence-electron chi connectivity index (χ2n) is 6.54. The third-order valence-electron chi connectivity index (χ3n) is 4.37. The fourth-order valence-electron chi connectivity index (χ4n) is 2.79. The van der Waals surface area contributed by atoms with Crippen molar-refractivity contribution in [1.29, 1.82) is 0 Å². The Hall–Kier alpha value is -4.15. The Morgan fingerprint density at radius 2 is 1.84 bits per heavy atom. The Bertz CT molecular complexity index is 1110. The molecule has 1 aromatic heterocycles. The zero-order valence-corrected chi connectivity index (χ0v) is 16.4. The van der Waals surface area contributed by atoms with Crippen LogP contribution >= 0.6 is 0 Å². The molecule has 160 valence electrons. The molecular weight excluding hydrogens is 409 g/mol. The molecule has 0 radical (unpaired) electrons. The second-order valence-corrected chi connectivity index (χ2v) is 6.54. The number of benzene rings is 2. The molecule has 0 aliphatic carbocycles. The molecule has 10 nitrogen and oxygen atoms in total. The minimum absolute atomic E-state index is 0.0546. The average molecular weight is 427 g/mol. The highest BCUT2D eigenvalue weighted by molar-refractivity contribution is 5.90. The molecule has 0 aliphatic heterocycles. The summed E-state index contributed by atoms with van der Waals surface area (Å²) in [6, 6.07) is 10.0. The third-order valence-corrected chi connectivity index (χ3v) is 4.37. The summed E-state index contributed by atoms with van der Waals surface area (Å²) >= 11 is 0. The van der Waals surface area contributed by atoms with Crippen molar-refractivity contribution in [1.82, 2.24) is 20.8 Å². The lowest BCUT2D eigenvalue weighted by molar-refractivity contribution is -0.385. The summed E-state index contributed by atoms with van der Waals surface area (Å²) in [6.07, 6.45) is 0.0871. The zero-order chi connectivity index (χ0) is 22.4. The number of hydrogen-bond acceptors (Lipinski definition) is 7. The van der Waals surface area contributed by atoms with Crippen LogP contribution in [-0.2, 0) is 11.2 Å². The fourth-order valence-corrected chi connectivity index (χ4v) is 2.79. The first-order chi connectivity index (χ1) is 14.8. The minimum atomic E-state index is -0.644. The van der Waals surface area contributed by atoms with Gasteiger partial charge in [-0.15, -0.1) is 0 Å². The summed E-state index contributed by atoms with van der Waals surface area (Å²) in [5, 5.41) is 19.9. The van der Waals surface area contributed by atoms with Gasteiger partial charge in [0.1, 0.15) is 5.82 Å². The van der Waals surface area contributed by atoms with E-state index in [1.54, 1.807) is 13.0 Å². The van der Waals surface area contributed by atoms with E-state index < -0.39 is 10.8 Å². The minimum Gasteiger partial charge on any atom is -0.354 e. The summed E-state index contributed by atoms with van der Waals surface area (Å²) in [6.45, 7) is 1.83. The van der Waals surface area contributed by atoms with Crippen LogP contribution in [0.4, 0.5) is 10.1 Å². The lowest BCUT2D eigenvalue weighted by Gasteiger charge is -2.06. The number of aromatic nitrogens is 2. The van der Waals surface area contributed by atoms with E-state index in [9.17, 15) is 24.1 Å². The van der Waals surface area contributed by atoms with Gasteiger partial charge in [-0.25, -0.2) is 4.39 Å². The average Bonchev–Trinajstić information content (AvgIpc) is 3.23. The molecule has 0 saturated carbocycles. The summed E-state index contributed by atoms with van der Waals surface area (Å²) in [5.74, 6) is -1.55. The van der Waals surface area contributed by atoms with E-state index in [1.165, 1.54) is 36.4 Å². The molecule has 2 amide bonds. The summed E-state index contributed by atoms with van der Waals surface area (Å²) in [4.78, 5) is 38.6. The highest BCUT2D eigenvalue weighted by Gasteiger charge is 2.20. The number of halogens is 1. The van der Waals surface area contributed by atoms with Gasteiger partial charge in [0.2, 0.25) is 11.7 Å². The van der Waals surface area contributed by atoms with Gasteiger partial charge in [0, 0.05) is 30.3 Å². The molecular formula is C20H18FN5O5. The Morgan fingerprint density at radius 1 is 1.13 bits per heavy atom. The summed E-state index contributed by atoms with van der Waals surface area (Å²) in [7, 11) is 0. The molecule has 0 spiro atoms. The molecule has 3 rings (SSSR count). The number of carbonyl (C=O) groups is 2. The fraction of sp³-hybridized carbons (Fsp3) is 0.200. The number of carbonyl (C=O) groups excluding carboxylic acids is 2. The highest BCUT2D eigenvalue weighted by Crippen LogP contribution is 2.27. The maximum atomic E-state index is 12.9. The van der Waals surface area contributed by atoms with Crippen molar-refractivity contribution < 1.29 is 23.4 Å². The van der Waals surface area contributed by atoms with E-state index in [-0.39, 0.29) is 48.6 Å². The van der Waals surface area contributed by atoms with E-state index in [4.69, 9.17) is 4.52 Å². The van der Waals surface area contributed by atoms with Crippen molar-refractivity contribution in [3.8, 4) is 11.4 Å². The Labute approximate surface area is 175 Å². The molecule has 2 N–H and O–H groups in total. The van der Waals surface area contributed by atoms with Gasteiger partial charge in [-0.2, -0.15) is 4.98 Å². The van der Waals surface area contributed by atoms with Crippen LogP contribution in [0.5, 0.6) is 0 Å². The van der Waals surface area contributed by atoms with Crippen LogP contribution in [-0.4, -0.2) is 40.0 Å². The van der Waals surface area contributed by atoms with Crippen LogP contribution < -0.4 is 10.6 Å². The zero-order valence-electron chi connectivity index (χ0n) is 16.4. The van der Waals surface area contributed by atoms with Crippen molar-refractivity contribution in [3.63, 3.8) is 0 Å². The molecule has 0 aliphatic rings. The van der Waals surface area contributed by atoms with E-state index >= 15 is 0 Å². The SMILES string of the molecule is Cc1c(-c2noc(C(=O)NCCNC(=O)Cc3ccc(F)cc3)n2)cccc1[N+](=O)[O-]. The van der Waals surface area contributed by atoms with E-state index in [1.807, 2.05) is 0 Å². The largest absolute Gasteiger partial charge is 0.354 e. The van der Waals surface area contributed by atoms with Gasteiger partial charge in [0.05, 0.1) is 11.3 Å². The first-order valence-corrected chi connectivity index (χ1v) is 9.22. The monoisotopic (exact) mass is 427 g/mol. The summed E-state index contributed by atoms with van der Waals surface area (Å²) < 4.78 is 17.8. The van der Waals surface area contributed by atoms with E-state index in [0.29, 0.717) is 16.7 Å². The van der Waals surface area contributed by atoms with Gasteiger partial charge >= 0.3 is 11.8 Å². The Morgan fingerprint density at radius 3 is 2.55 bits per heavy atom. The van der Waals surface area contributed by atoms with Gasteiger partial charge < -0.3 is 15.2 Å². The predicted molar refractivity (Wildman–Crippen MR) is 107 cm³/mol. The van der Waals surface area contributed by atoms with Crippen molar-refractivity contribution >= 4 is 17.5 Å². The molecule has 0 fully saturated rings. The Balaban J connectivity index is 1.50. The van der Waals surface area contributed by atoms with E-state index in [2.05, 4.69) is 20.8 Å². The number of hydrogen-bond donors (Lipinski definition) is 2. The standard InChI is InChI=1S/C20H18FN5O5/c1-12-15(3-2-4-16(12)26(29)30)18-24-20(31-25-18)19(28)23-10-9-22-17(27)11-13-5-7-14(21)8-6-13/h2-8H,9-11H2,1H3,(H,22,27)(H,23,28). The van der Waals surface area contributed by atoms with Crippen LogP contribution in [0, 0.1) is 22.9 Å². The topological polar surface area (TPSA) is 140 Å². The third kappa shape index (κ3) is 5.47. The van der Waals surface area contributed by atoms with Crippen molar-refractivity contribution in [2.24, 2.45) is 0 Å². The molecule has 0 saturated heterocycles. The number of nitro groups is 1. The van der Waals surface area contributed by atoms with Crippen molar-refractivity contribution in [3.05, 3.63) is 75.4 Å². The molecule has 0 bridgehead atoms. The number of nitrogens with one attached hydrogen (secondary N) is 2. The molecule has 0 atom stereocenters. The second kappa shape index (κ2) is 9.57. The number of amides is 2. The van der Waals surface area contributed by atoms with Gasteiger partial charge in [0.15, 0.2) is 0 Å². The van der Waals surface area contributed by atoms with Crippen LogP contribution in [0.1, 0.15) is 21.8 Å².